The summed E-state index contributed by atoms with van der Waals surface area (Å²) in [6.07, 6.45) is 2.21. The van der Waals surface area contributed by atoms with Gasteiger partial charge in [0.25, 0.3) is 0 Å². The summed E-state index contributed by atoms with van der Waals surface area (Å²) in [6, 6.07) is 5.14. The Morgan fingerprint density at radius 3 is 3.10 bits per heavy atom. The molecule has 1 aliphatic heterocycles. The van der Waals surface area contributed by atoms with Crippen molar-refractivity contribution in [3.05, 3.63) is 18.2 Å². The number of hydrogen-bond donors (Lipinski definition) is 2. The summed E-state index contributed by atoms with van der Waals surface area (Å²) in [5.74, 6) is 0.493. The lowest BCUT2D eigenvalue weighted by Gasteiger charge is -2.12. The predicted octanol–water partition coefficient (Wildman–Crippen LogP) is 1.80. The van der Waals surface area contributed by atoms with E-state index >= 15 is 0 Å². The molecule has 2 rings (SSSR count). The van der Waals surface area contributed by atoms with Gasteiger partial charge in [0.2, 0.25) is 5.91 Å². The van der Waals surface area contributed by atoms with Gasteiger partial charge in [-0.15, -0.1) is 0 Å². The van der Waals surface area contributed by atoms with E-state index < -0.39 is 0 Å². The Kier molecular flexibility index (Phi) is 5.83. The SMILES string of the molecule is COc1cc(N)ccc1NC(=O)CCCOC1CCOC1. The summed E-state index contributed by atoms with van der Waals surface area (Å²) in [7, 11) is 1.54. The van der Waals surface area contributed by atoms with E-state index in [2.05, 4.69) is 5.32 Å². The van der Waals surface area contributed by atoms with Crippen LogP contribution in [0.4, 0.5) is 11.4 Å². The van der Waals surface area contributed by atoms with Crippen molar-refractivity contribution < 1.29 is 19.0 Å². The van der Waals surface area contributed by atoms with E-state index in [1.807, 2.05) is 0 Å². The van der Waals surface area contributed by atoms with E-state index in [0.717, 1.165) is 13.0 Å². The molecule has 0 spiro atoms. The maximum atomic E-state index is 11.9. The van der Waals surface area contributed by atoms with Gasteiger partial charge in [0, 0.05) is 31.4 Å². The van der Waals surface area contributed by atoms with Crippen LogP contribution in [0.3, 0.4) is 0 Å². The molecule has 1 aromatic rings. The lowest BCUT2D eigenvalue weighted by molar-refractivity contribution is -0.116. The zero-order chi connectivity index (χ0) is 15.1. The number of carbonyl (C=O) groups excluding carboxylic acids is 1. The molecule has 1 amide bonds. The first-order valence-corrected chi connectivity index (χ1v) is 7.11. The molecule has 1 atom stereocenters. The molecule has 0 radical (unpaired) electrons. The molecular formula is C15H22N2O4. The van der Waals surface area contributed by atoms with E-state index in [4.69, 9.17) is 19.9 Å². The number of nitrogens with one attached hydrogen (secondary N) is 1. The number of nitrogens with two attached hydrogens (primary N) is 1. The van der Waals surface area contributed by atoms with Crippen LogP contribution in [-0.2, 0) is 14.3 Å². The lowest BCUT2D eigenvalue weighted by Crippen LogP contribution is -2.16. The number of hydrogen-bond acceptors (Lipinski definition) is 5. The summed E-state index contributed by atoms with van der Waals surface area (Å²) in [6.45, 7) is 2.00. The molecule has 0 bridgehead atoms. The largest absolute Gasteiger partial charge is 0.494 e. The molecule has 1 aromatic carbocycles. The Bertz CT molecular complexity index is 473. The number of ether oxygens (including phenoxy) is 3. The molecule has 1 heterocycles. The topological polar surface area (TPSA) is 82.8 Å². The Morgan fingerprint density at radius 2 is 2.38 bits per heavy atom. The molecular weight excluding hydrogens is 272 g/mol. The van der Waals surface area contributed by atoms with Crippen molar-refractivity contribution in [1.29, 1.82) is 0 Å². The Hall–Kier alpha value is -1.79. The van der Waals surface area contributed by atoms with E-state index in [1.54, 1.807) is 25.3 Å². The first kappa shape index (κ1) is 15.6. The fraction of sp³-hybridized carbons (Fsp3) is 0.533. The lowest BCUT2D eigenvalue weighted by atomic mass is 10.2. The monoisotopic (exact) mass is 294 g/mol. The van der Waals surface area contributed by atoms with Crippen LogP contribution >= 0.6 is 0 Å². The van der Waals surface area contributed by atoms with Gasteiger partial charge in [-0.3, -0.25) is 4.79 Å². The number of methoxy groups -OCH3 is 1. The van der Waals surface area contributed by atoms with E-state index in [1.165, 1.54) is 0 Å². The Labute approximate surface area is 124 Å². The van der Waals surface area contributed by atoms with Gasteiger partial charge < -0.3 is 25.3 Å². The number of anilines is 2. The number of carbonyl (C=O) groups is 1. The fourth-order valence-electron chi connectivity index (χ4n) is 2.15. The normalized spacial score (nSPS) is 17.7. The van der Waals surface area contributed by atoms with Crippen LogP contribution in [0.15, 0.2) is 18.2 Å². The Morgan fingerprint density at radius 1 is 1.52 bits per heavy atom. The van der Waals surface area contributed by atoms with Crippen molar-refractivity contribution in [3.63, 3.8) is 0 Å². The molecule has 21 heavy (non-hydrogen) atoms. The van der Waals surface area contributed by atoms with Crippen LogP contribution in [0.5, 0.6) is 5.75 Å². The van der Waals surface area contributed by atoms with Gasteiger partial charge >= 0.3 is 0 Å². The minimum Gasteiger partial charge on any atom is -0.494 e. The van der Waals surface area contributed by atoms with Gasteiger partial charge in [-0.25, -0.2) is 0 Å². The average molecular weight is 294 g/mol. The van der Waals surface area contributed by atoms with Crippen molar-refractivity contribution in [3.8, 4) is 5.75 Å². The van der Waals surface area contributed by atoms with Crippen molar-refractivity contribution in [2.45, 2.75) is 25.4 Å². The molecule has 0 aliphatic carbocycles. The quantitative estimate of drug-likeness (QED) is 0.592. The standard InChI is InChI=1S/C15H22N2O4/c1-19-14-9-11(16)4-5-13(14)17-15(18)3-2-7-21-12-6-8-20-10-12/h4-5,9,12H,2-3,6-8,10,16H2,1H3,(H,17,18). The second-order valence-corrected chi connectivity index (χ2v) is 4.97. The number of benzene rings is 1. The summed E-state index contributed by atoms with van der Waals surface area (Å²) in [5.41, 5.74) is 6.89. The molecule has 1 saturated heterocycles. The zero-order valence-electron chi connectivity index (χ0n) is 12.3. The van der Waals surface area contributed by atoms with Crippen molar-refractivity contribution >= 4 is 17.3 Å². The van der Waals surface area contributed by atoms with E-state index in [9.17, 15) is 4.79 Å². The summed E-state index contributed by atoms with van der Waals surface area (Å²) in [4.78, 5) is 11.9. The van der Waals surface area contributed by atoms with Gasteiger partial charge in [-0.2, -0.15) is 0 Å². The van der Waals surface area contributed by atoms with Crippen molar-refractivity contribution in [2.24, 2.45) is 0 Å². The fourth-order valence-corrected chi connectivity index (χ4v) is 2.15. The third kappa shape index (κ3) is 4.91. The zero-order valence-corrected chi connectivity index (χ0v) is 12.3. The van der Waals surface area contributed by atoms with E-state index in [-0.39, 0.29) is 12.0 Å². The summed E-state index contributed by atoms with van der Waals surface area (Å²) in [5, 5.41) is 2.82. The minimum absolute atomic E-state index is 0.0654. The van der Waals surface area contributed by atoms with E-state index in [0.29, 0.717) is 43.2 Å². The van der Waals surface area contributed by atoms with Crippen LogP contribution in [-0.4, -0.2) is 38.9 Å². The van der Waals surface area contributed by atoms with Gasteiger partial charge in [0.05, 0.1) is 25.5 Å². The molecule has 6 nitrogen and oxygen atoms in total. The van der Waals surface area contributed by atoms with Gasteiger partial charge in [-0.05, 0) is 25.0 Å². The first-order valence-electron chi connectivity index (χ1n) is 7.11. The molecule has 1 fully saturated rings. The van der Waals surface area contributed by atoms with Crippen LogP contribution in [0, 0.1) is 0 Å². The number of amides is 1. The van der Waals surface area contributed by atoms with Gasteiger partial charge in [0.15, 0.2) is 0 Å². The average Bonchev–Trinajstić information content (AvgIpc) is 2.99. The van der Waals surface area contributed by atoms with Crippen LogP contribution in [0.1, 0.15) is 19.3 Å². The number of rotatable bonds is 7. The molecule has 0 aromatic heterocycles. The van der Waals surface area contributed by atoms with Crippen LogP contribution in [0.2, 0.25) is 0 Å². The predicted molar refractivity (Wildman–Crippen MR) is 80.4 cm³/mol. The smallest absolute Gasteiger partial charge is 0.224 e. The highest BCUT2D eigenvalue weighted by Crippen LogP contribution is 2.26. The summed E-state index contributed by atoms with van der Waals surface area (Å²) < 4.78 is 16.0. The maximum absolute atomic E-state index is 11.9. The second-order valence-electron chi connectivity index (χ2n) is 4.97. The molecule has 3 N–H and O–H groups in total. The molecule has 6 heteroatoms. The van der Waals surface area contributed by atoms with Crippen molar-refractivity contribution in [2.75, 3.05) is 38.0 Å². The molecule has 116 valence electrons. The van der Waals surface area contributed by atoms with Crippen LogP contribution < -0.4 is 15.8 Å². The van der Waals surface area contributed by atoms with Gasteiger partial charge in [0.1, 0.15) is 5.75 Å². The summed E-state index contributed by atoms with van der Waals surface area (Å²) >= 11 is 0. The maximum Gasteiger partial charge on any atom is 0.224 e. The number of nitrogen functional groups attached to an aromatic ring is 1. The van der Waals surface area contributed by atoms with Gasteiger partial charge in [-0.1, -0.05) is 0 Å². The van der Waals surface area contributed by atoms with Crippen molar-refractivity contribution in [1.82, 2.24) is 0 Å². The highest BCUT2D eigenvalue weighted by Gasteiger charge is 2.15. The third-order valence-corrected chi connectivity index (χ3v) is 3.29. The second kappa shape index (κ2) is 7.85. The Balaban J connectivity index is 1.71. The minimum atomic E-state index is -0.0654. The first-order chi connectivity index (χ1) is 10.2. The highest BCUT2D eigenvalue weighted by molar-refractivity contribution is 5.92. The highest BCUT2D eigenvalue weighted by atomic mass is 16.5. The van der Waals surface area contributed by atoms with Crippen LogP contribution in [0.25, 0.3) is 0 Å². The molecule has 0 saturated carbocycles. The molecule has 1 aliphatic rings. The third-order valence-electron chi connectivity index (χ3n) is 3.29. The molecule has 1 unspecified atom stereocenters.